The van der Waals surface area contributed by atoms with Gasteiger partial charge in [-0.15, -0.1) is 0 Å². The molecule has 1 aliphatic heterocycles. The molecule has 0 aromatic heterocycles. The van der Waals surface area contributed by atoms with Crippen LogP contribution in [0.5, 0.6) is 0 Å². The lowest BCUT2D eigenvalue weighted by molar-refractivity contribution is 0.0951. The third-order valence-electron chi connectivity index (χ3n) is 5.11. The molecule has 142 valence electrons. The maximum Gasteiger partial charge on any atom is 0.264 e. The fraction of sp³-hybridized carbons (Fsp3) is 0.136. The van der Waals surface area contributed by atoms with Gasteiger partial charge in [0, 0.05) is 30.3 Å². The molecule has 0 radical (unpaired) electrons. The predicted octanol–water partition coefficient (Wildman–Crippen LogP) is 3.73. The summed E-state index contributed by atoms with van der Waals surface area (Å²) < 4.78 is 26.7. The quantitative estimate of drug-likeness (QED) is 0.739. The Balaban J connectivity index is 1.68. The van der Waals surface area contributed by atoms with Crippen molar-refractivity contribution in [3.8, 4) is 11.1 Å². The summed E-state index contributed by atoms with van der Waals surface area (Å²) in [6.45, 7) is 2.45. The molecule has 3 aromatic rings. The molecule has 3 aromatic carbocycles. The van der Waals surface area contributed by atoms with Crippen LogP contribution in [0.15, 0.2) is 71.6 Å². The second-order valence-corrected chi connectivity index (χ2v) is 8.75. The number of benzene rings is 3. The van der Waals surface area contributed by atoms with Crippen LogP contribution in [-0.2, 0) is 16.6 Å². The Morgan fingerprint density at radius 2 is 1.68 bits per heavy atom. The first-order valence-electron chi connectivity index (χ1n) is 8.94. The number of aryl methyl sites for hydroxylation is 1. The molecule has 1 heterocycles. The number of fused-ring (bicyclic) bond motifs is 3. The molecule has 5 nitrogen and oxygen atoms in total. The van der Waals surface area contributed by atoms with E-state index in [0.29, 0.717) is 23.4 Å². The maximum atomic E-state index is 12.7. The molecule has 4 rings (SSSR count). The maximum absolute atomic E-state index is 12.7. The van der Waals surface area contributed by atoms with Gasteiger partial charge in [0.1, 0.15) is 0 Å². The standard InChI is InChI=1S/C22H20N2O3S/c1-15-7-3-4-8-17(15)14-23-22(25)16-11-12-20-19(13-16)18-9-5-6-10-21(18)28(26,27)24(20)2/h3-13H,14H2,1-2H3,(H,23,25). The largest absolute Gasteiger partial charge is 0.348 e. The first kappa shape index (κ1) is 18.3. The number of carbonyl (C=O) groups is 1. The van der Waals surface area contributed by atoms with E-state index in [0.717, 1.165) is 16.7 Å². The van der Waals surface area contributed by atoms with Crippen LogP contribution in [0.25, 0.3) is 11.1 Å². The van der Waals surface area contributed by atoms with E-state index in [2.05, 4.69) is 5.32 Å². The Morgan fingerprint density at radius 3 is 2.46 bits per heavy atom. The van der Waals surface area contributed by atoms with E-state index in [1.807, 2.05) is 31.2 Å². The minimum atomic E-state index is -3.59. The fourth-order valence-corrected chi connectivity index (χ4v) is 4.86. The van der Waals surface area contributed by atoms with Crippen LogP contribution in [0.2, 0.25) is 0 Å². The van der Waals surface area contributed by atoms with Crippen molar-refractivity contribution in [2.75, 3.05) is 11.4 Å². The van der Waals surface area contributed by atoms with Crippen molar-refractivity contribution in [1.82, 2.24) is 5.32 Å². The number of amides is 1. The number of anilines is 1. The van der Waals surface area contributed by atoms with Crippen LogP contribution < -0.4 is 9.62 Å². The van der Waals surface area contributed by atoms with E-state index < -0.39 is 10.0 Å². The Morgan fingerprint density at radius 1 is 0.964 bits per heavy atom. The highest BCUT2D eigenvalue weighted by Crippen LogP contribution is 2.42. The van der Waals surface area contributed by atoms with Gasteiger partial charge in [-0.1, -0.05) is 42.5 Å². The number of carbonyl (C=O) groups excluding carboxylic acids is 1. The van der Waals surface area contributed by atoms with Crippen molar-refractivity contribution in [2.45, 2.75) is 18.4 Å². The van der Waals surface area contributed by atoms with E-state index in [-0.39, 0.29) is 10.8 Å². The zero-order valence-electron chi connectivity index (χ0n) is 15.6. The van der Waals surface area contributed by atoms with Crippen molar-refractivity contribution in [3.63, 3.8) is 0 Å². The van der Waals surface area contributed by atoms with Gasteiger partial charge in [0.15, 0.2) is 0 Å². The Kier molecular flexibility index (Phi) is 4.43. The van der Waals surface area contributed by atoms with Gasteiger partial charge in [0.2, 0.25) is 0 Å². The van der Waals surface area contributed by atoms with Gasteiger partial charge in [-0.05, 0) is 42.3 Å². The summed E-state index contributed by atoms with van der Waals surface area (Å²) in [7, 11) is -2.06. The van der Waals surface area contributed by atoms with Crippen molar-refractivity contribution in [3.05, 3.63) is 83.4 Å². The fourth-order valence-electron chi connectivity index (χ4n) is 3.44. The second-order valence-electron chi connectivity index (χ2n) is 6.81. The summed E-state index contributed by atoms with van der Waals surface area (Å²) in [6.07, 6.45) is 0. The summed E-state index contributed by atoms with van der Waals surface area (Å²) in [5.41, 5.74) is 4.59. The van der Waals surface area contributed by atoms with Crippen molar-refractivity contribution >= 4 is 21.6 Å². The molecule has 1 N–H and O–H groups in total. The molecule has 0 fully saturated rings. The normalized spacial score (nSPS) is 14.1. The molecule has 0 spiro atoms. The smallest absolute Gasteiger partial charge is 0.264 e. The molecule has 0 bridgehead atoms. The van der Waals surface area contributed by atoms with E-state index in [1.165, 1.54) is 11.4 Å². The summed E-state index contributed by atoms with van der Waals surface area (Å²) in [6, 6.07) is 19.9. The summed E-state index contributed by atoms with van der Waals surface area (Å²) in [5.74, 6) is -0.195. The molecular weight excluding hydrogens is 372 g/mol. The van der Waals surface area contributed by atoms with Crippen LogP contribution in [0.1, 0.15) is 21.5 Å². The molecular formula is C22H20N2O3S. The molecule has 1 aliphatic rings. The molecule has 6 heteroatoms. The Hall–Kier alpha value is -3.12. The minimum Gasteiger partial charge on any atom is -0.348 e. The molecule has 0 saturated carbocycles. The van der Waals surface area contributed by atoms with Gasteiger partial charge >= 0.3 is 0 Å². The first-order chi connectivity index (χ1) is 13.4. The van der Waals surface area contributed by atoms with Gasteiger partial charge in [-0.2, -0.15) is 0 Å². The van der Waals surface area contributed by atoms with E-state index in [1.54, 1.807) is 42.5 Å². The van der Waals surface area contributed by atoms with E-state index in [4.69, 9.17) is 0 Å². The van der Waals surface area contributed by atoms with Crippen LogP contribution in [0.4, 0.5) is 5.69 Å². The molecule has 1 amide bonds. The topological polar surface area (TPSA) is 66.5 Å². The van der Waals surface area contributed by atoms with Crippen LogP contribution in [-0.4, -0.2) is 21.4 Å². The second kappa shape index (κ2) is 6.80. The number of hydrogen-bond acceptors (Lipinski definition) is 3. The lowest BCUT2D eigenvalue weighted by Gasteiger charge is -2.29. The SMILES string of the molecule is Cc1ccccc1CNC(=O)c1ccc2c(c1)-c1ccccc1S(=O)(=O)N2C. The Labute approximate surface area is 164 Å². The average molecular weight is 392 g/mol. The summed E-state index contributed by atoms with van der Waals surface area (Å²) in [4.78, 5) is 12.9. The summed E-state index contributed by atoms with van der Waals surface area (Å²) in [5, 5.41) is 2.94. The highest BCUT2D eigenvalue weighted by molar-refractivity contribution is 7.93. The van der Waals surface area contributed by atoms with Crippen LogP contribution in [0, 0.1) is 6.92 Å². The highest BCUT2D eigenvalue weighted by Gasteiger charge is 2.32. The van der Waals surface area contributed by atoms with Crippen LogP contribution >= 0.6 is 0 Å². The van der Waals surface area contributed by atoms with Crippen molar-refractivity contribution < 1.29 is 13.2 Å². The lowest BCUT2D eigenvalue weighted by atomic mass is 10.00. The average Bonchev–Trinajstić information content (AvgIpc) is 2.71. The third-order valence-corrected chi connectivity index (χ3v) is 6.94. The predicted molar refractivity (Wildman–Crippen MR) is 110 cm³/mol. The zero-order chi connectivity index (χ0) is 19.9. The molecule has 0 unspecified atom stereocenters. The van der Waals surface area contributed by atoms with Crippen molar-refractivity contribution in [1.29, 1.82) is 0 Å². The lowest BCUT2D eigenvalue weighted by Crippen LogP contribution is -2.31. The highest BCUT2D eigenvalue weighted by atomic mass is 32.2. The minimum absolute atomic E-state index is 0.195. The molecule has 0 aliphatic carbocycles. The molecule has 0 atom stereocenters. The molecule has 0 saturated heterocycles. The number of rotatable bonds is 3. The van der Waals surface area contributed by atoms with Gasteiger partial charge in [-0.25, -0.2) is 8.42 Å². The van der Waals surface area contributed by atoms with Crippen LogP contribution in [0.3, 0.4) is 0 Å². The van der Waals surface area contributed by atoms with E-state index in [9.17, 15) is 13.2 Å². The monoisotopic (exact) mass is 392 g/mol. The summed E-state index contributed by atoms with van der Waals surface area (Å²) >= 11 is 0. The number of hydrogen-bond donors (Lipinski definition) is 1. The molecule has 28 heavy (non-hydrogen) atoms. The Bertz CT molecular complexity index is 1190. The zero-order valence-corrected chi connectivity index (χ0v) is 16.5. The van der Waals surface area contributed by atoms with Gasteiger partial charge < -0.3 is 5.32 Å². The number of nitrogens with zero attached hydrogens (tertiary/aromatic N) is 1. The first-order valence-corrected chi connectivity index (χ1v) is 10.4. The van der Waals surface area contributed by atoms with Gasteiger partial charge in [-0.3, -0.25) is 9.10 Å². The van der Waals surface area contributed by atoms with Gasteiger partial charge in [0.25, 0.3) is 15.9 Å². The number of sulfonamides is 1. The van der Waals surface area contributed by atoms with E-state index >= 15 is 0 Å². The number of nitrogens with one attached hydrogen (secondary N) is 1. The third kappa shape index (κ3) is 2.96. The van der Waals surface area contributed by atoms with Crippen molar-refractivity contribution in [2.24, 2.45) is 0 Å². The van der Waals surface area contributed by atoms with Gasteiger partial charge in [0.05, 0.1) is 10.6 Å².